The van der Waals surface area contributed by atoms with Gasteiger partial charge in [0.2, 0.25) is 0 Å². The third kappa shape index (κ3) is 3.01. The van der Waals surface area contributed by atoms with Crippen LogP contribution >= 0.6 is 0 Å². The average molecular weight is 239 g/mol. The zero-order chi connectivity index (χ0) is 12.8. The summed E-state index contributed by atoms with van der Waals surface area (Å²) in [5.74, 6) is -0.319. The fourth-order valence-corrected chi connectivity index (χ4v) is 1.45. The summed E-state index contributed by atoms with van der Waals surface area (Å²) in [4.78, 5) is 15.6. The van der Waals surface area contributed by atoms with E-state index in [1.165, 1.54) is 0 Å². The van der Waals surface area contributed by atoms with Gasteiger partial charge in [-0.15, -0.1) is 0 Å². The molecule has 0 spiro atoms. The second-order valence-corrected chi connectivity index (χ2v) is 3.77. The van der Waals surface area contributed by atoms with Gasteiger partial charge in [-0.05, 0) is 30.2 Å². The van der Waals surface area contributed by atoms with Gasteiger partial charge in [-0.25, -0.2) is 5.43 Å². The van der Waals surface area contributed by atoms with Crippen LogP contribution < -0.4 is 5.43 Å². The Kier molecular flexibility index (Phi) is 3.81. The molecule has 18 heavy (non-hydrogen) atoms. The maximum Gasteiger partial charge on any atom is 0.289 e. The van der Waals surface area contributed by atoms with Crippen LogP contribution in [0.15, 0.2) is 53.8 Å². The second-order valence-electron chi connectivity index (χ2n) is 3.77. The molecule has 1 N–H and O–H groups in total. The van der Waals surface area contributed by atoms with Crippen molar-refractivity contribution in [3.8, 4) is 0 Å². The van der Waals surface area contributed by atoms with Crippen molar-refractivity contribution >= 4 is 12.1 Å². The van der Waals surface area contributed by atoms with E-state index in [0.717, 1.165) is 11.1 Å². The number of nitrogens with one attached hydrogen (secondary N) is 1. The van der Waals surface area contributed by atoms with E-state index in [9.17, 15) is 4.79 Å². The third-order valence-corrected chi connectivity index (χ3v) is 2.46. The standard InChI is InChI=1S/C14H13N3O/c1-11-6-2-3-7-12(11)10-16-17-14(18)13-8-4-5-9-15-13/h2-10H,1H3,(H,17,18)/b16-10+. The molecule has 0 aliphatic rings. The fourth-order valence-electron chi connectivity index (χ4n) is 1.45. The molecular formula is C14H13N3O. The zero-order valence-corrected chi connectivity index (χ0v) is 10.00. The first-order chi connectivity index (χ1) is 8.77. The van der Waals surface area contributed by atoms with E-state index in [0.29, 0.717) is 5.69 Å². The van der Waals surface area contributed by atoms with E-state index >= 15 is 0 Å². The van der Waals surface area contributed by atoms with Gasteiger partial charge in [0.15, 0.2) is 0 Å². The number of hydrogen-bond donors (Lipinski definition) is 1. The van der Waals surface area contributed by atoms with Crippen molar-refractivity contribution in [2.24, 2.45) is 5.10 Å². The number of amides is 1. The van der Waals surface area contributed by atoms with Crippen molar-refractivity contribution in [3.05, 3.63) is 65.5 Å². The van der Waals surface area contributed by atoms with Crippen LogP contribution in [-0.2, 0) is 0 Å². The van der Waals surface area contributed by atoms with Crippen LogP contribution in [0.5, 0.6) is 0 Å². The number of hydrazone groups is 1. The first-order valence-electron chi connectivity index (χ1n) is 5.57. The molecule has 0 aliphatic heterocycles. The molecule has 90 valence electrons. The third-order valence-electron chi connectivity index (χ3n) is 2.46. The van der Waals surface area contributed by atoms with Gasteiger partial charge in [0.05, 0.1) is 6.21 Å². The summed E-state index contributed by atoms with van der Waals surface area (Å²) < 4.78 is 0. The van der Waals surface area contributed by atoms with Crippen molar-refractivity contribution in [1.82, 2.24) is 10.4 Å². The Morgan fingerprint density at radius 3 is 2.72 bits per heavy atom. The van der Waals surface area contributed by atoms with E-state index < -0.39 is 0 Å². The lowest BCUT2D eigenvalue weighted by Gasteiger charge is -1.99. The van der Waals surface area contributed by atoms with E-state index in [1.54, 1.807) is 30.6 Å². The largest absolute Gasteiger partial charge is 0.289 e. The summed E-state index contributed by atoms with van der Waals surface area (Å²) in [5, 5.41) is 3.91. The molecule has 0 radical (unpaired) electrons. The second kappa shape index (κ2) is 5.72. The van der Waals surface area contributed by atoms with Gasteiger partial charge in [0, 0.05) is 6.20 Å². The van der Waals surface area contributed by atoms with Crippen molar-refractivity contribution in [1.29, 1.82) is 0 Å². The molecule has 0 saturated carbocycles. The number of carbonyl (C=O) groups excluding carboxylic acids is 1. The SMILES string of the molecule is Cc1ccccc1/C=N/NC(=O)c1ccccn1. The Labute approximate surface area is 105 Å². The van der Waals surface area contributed by atoms with E-state index in [-0.39, 0.29) is 5.91 Å². The van der Waals surface area contributed by atoms with Gasteiger partial charge >= 0.3 is 0 Å². The highest BCUT2D eigenvalue weighted by Crippen LogP contribution is 2.03. The van der Waals surface area contributed by atoms with Crippen molar-refractivity contribution in [2.75, 3.05) is 0 Å². The summed E-state index contributed by atoms with van der Waals surface area (Å²) in [6, 6.07) is 13.0. The summed E-state index contributed by atoms with van der Waals surface area (Å²) in [7, 11) is 0. The smallest absolute Gasteiger partial charge is 0.266 e. The predicted octanol–water partition coefficient (Wildman–Crippen LogP) is 2.15. The molecule has 1 heterocycles. The van der Waals surface area contributed by atoms with Crippen molar-refractivity contribution < 1.29 is 4.79 Å². The highest BCUT2D eigenvalue weighted by Gasteiger charge is 2.03. The summed E-state index contributed by atoms with van der Waals surface area (Å²) in [5.41, 5.74) is 4.87. The van der Waals surface area contributed by atoms with Crippen LogP contribution in [0.3, 0.4) is 0 Å². The van der Waals surface area contributed by atoms with Crippen molar-refractivity contribution in [2.45, 2.75) is 6.92 Å². The maximum absolute atomic E-state index is 11.6. The topological polar surface area (TPSA) is 54.4 Å². The number of benzene rings is 1. The van der Waals surface area contributed by atoms with Crippen LogP contribution in [0, 0.1) is 6.92 Å². The molecule has 2 rings (SSSR count). The van der Waals surface area contributed by atoms with Gasteiger partial charge in [0.25, 0.3) is 5.91 Å². The van der Waals surface area contributed by atoms with Gasteiger partial charge in [0.1, 0.15) is 5.69 Å². The average Bonchev–Trinajstić information content (AvgIpc) is 2.42. The minimum Gasteiger partial charge on any atom is -0.266 e. The predicted molar refractivity (Wildman–Crippen MR) is 70.5 cm³/mol. The summed E-state index contributed by atoms with van der Waals surface area (Å²) >= 11 is 0. The van der Waals surface area contributed by atoms with Gasteiger partial charge < -0.3 is 0 Å². The first kappa shape index (κ1) is 12.0. The number of aromatic nitrogens is 1. The molecule has 2 aromatic rings. The summed E-state index contributed by atoms with van der Waals surface area (Å²) in [6.07, 6.45) is 3.19. The maximum atomic E-state index is 11.6. The number of aryl methyl sites for hydroxylation is 1. The summed E-state index contributed by atoms with van der Waals surface area (Å²) in [6.45, 7) is 1.99. The molecule has 1 aromatic heterocycles. The normalized spacial score (nSPS) is 10.5. The molecule has 0 unspecified atom stereocenters. The van der Waals surface area contributed by atoms with E-state index in [1.807, 2.05) is 31.2 Å². The van der Waals surface area contributed by atoms with Crippen molar-refractivity contribution in [3.63, 3.8) is 0 Å². The lowest BCUT2D eigenvalue weighted by Crippen LogP contribution is -2.18. The molecule has 0 aliphatic carbocycles. The number of pyridine rings is 1. The molecule has 0 saturated heterocycles. The monoisotopic (exact) mass is 239 g/mol. The Morgan fingerprint density at radius 2 is 2.00 bits per heavy atom. The zero-order valence-electron chi connectivity index (χ0n) is 10.00. The molecular weight excluding hydrogens is 226 g/mol. The highest BCUT2D eigenvalue weighted by molar-refractivity contribution is 5.93. The van der Waals surface area contributed by atoms with Crippen LogP contribution in [0.1, 0.15) is 21.6 Å². The van der Waals surface area contributed by atoms with Crippen LogP contribution in [0.2, 0.25) is 0 Å². The molecule has 0 atom stereocenters. The number of rotatable bonds is 3. The molecule has 0 fully saturated rings. The number of carbonyl (C=O) groups is 1. The Hall–Kier alpha value is -2.49. The van der Waals surface area contributed by atoms with E-state index in [2.05, 4.69) is 15.5 Å². The Morgan fingerprint density at radius 1 is 1.22 bits per heavy atom. The quantitative estimate of drug-likeness (QED) is 0.659. The molecule has 0 bridgehead atoms. The van der Waals surface area contributed by atoms with E-state index in [4.69, 9.17) is 0 Å². The van der Waals surface area contributed by atoms with Crippen LogP contribution in [0.25, 0.3) is 0 Å². The van der Waals surface area contributed by atoms with Gasteiger partial charge in [-0.3, -0.25) is 9.78 Å². The lowest BCUT2D eigenvalue weighted by molar-refractivity contribution is 0.0950. The first-order valence-corrected chi connectivity index (χ1v) is 5.57. The highest BCUT2D eigenvalue weighted by atomic mass is 16.2. The number of hydrogen-bond acceptors (Lipinski definition) is 3. The number of nitrogens with zero attached hydrogens (tertiary/aromatic N) is 2. The lowest BCUT2D eigenvalue weighted by atomic mass is 10.1. The molecule has 4 nitrogen and oxygen atoms in total. The fraction of sp³-hybridized carbons (Fsp3) is 0.0714. The molecule has 4 heteroatoms. The molecule has 1 aromatic carbocycles. The van der Waals surface area contributed by atoms with Crippen LogP contribution in [0.4, 0.5) is 0 Å². The van der Waals surface area contributed by atoms with Gasteiger partial charge in [-0.1, -0.05) is 30.3 Å². The van der Waals surface area contributed by atoms with Gasteiger partial charge in [-0.2, -0.15) is 5.10 Å². The minimum absolute atomic E-state index is 0.319. The Bertz CT molecular complexity index is 564. The van der Waals surface area contributed by atoms with Crippen LogP contribution in [-0.4, -0.2) is 17.1 Å². The minimum atomic E-state index is -0.319. The Balaban J connectivity index is 2.00. The molecule has 1 amide bonds.